The molecule has 1 aromatic heterocycles. The van der Waals surface area contributed by atoms with Crippen molar-refractivity contribution in [2.45, 2.75) is 63.1 Å². The average Bonchev–Trinajstić information content (AvgIpc) is 3.33. The zero-order valence-electron chi connectivity index (χ0n) is 17.0. The number of carbonyl (C=O) groups is 1. The Bertz CT molecular complexity index is 863. The first kappa shape index (κ1) is 20.4. The highest BCUT2D eigenvalue weighted by Gasteiger charge is 2.41. The number of rotatable bonds is 6. The van der Waals surface area contributed by atoms with Crippen LogP contribution in [0.15, 0.2) is 29.4 Å². The minimum Gasteiger partial charge on any atom is -0.352 e. The summed E-state index contributed by atoms with van der Waals surface area (Å²) in [6.07, 6.45) is 3.61. The molecule has 7 nitrogen and oxygen atoms in total. The maximum absolute atomic E-state index is 12.5. The number of amides is 1. The maximum atomic E-state index is 12.5. The molecule has 1 atom stereocenters. The molecule has 8 heteroatoms. The van der Waals surface area contributed by atoms with Crippen LogP contribution in [0.5, 0.6) is 0 Å². The van der Waals surface area contributed by atoms with Crippen LogP contribution in [0.1, 0.15) is 38.2 Å². The van der Waals surface area contributed by atoms with E-state index in [4.69, 9.17) is 9.47 Å². The van der Waals surface area contributed by atoms with Crippen molar-refractivity contribution in [1.29, 1.82) is 0 Å². The van der Waals surface area contributed by atoms with Crippen molar-refractivity contribution in [2.24, 2.45) is 0 Å². The van der Waals surface area contributed by atoms with Gasteiger partial charge in [-0.2, -0.15) is 0 Å². The van der Waals surface area contributed by atoms with Gasteiger partial charge < -0.3 is 19.4 Å². The minimum atomic E-state index is -0.478. The second-order valence-electron chi connectivity index (χ2n) is 7.62. The van der Waals surface area contributed by atoms with Gasteiger partial charge in [0.2, 0.25) is 5.91 Å². The lowest BCUT2D eigenvalue weighted by molar-refractivity contribution is -0.182. The van der Waals surface area contributed by atoms with Crippen LogP contribution < -0.4 is 5.32 Å². The van der Waals surface area contributed by atoms with Crippen LogP contribution in [0.2, 0.25) is 0 Å². The molecule has 2 aromatic rings. The summed E-state index contributed by atoms with van der Waals surface area (Å²) in [6, 6.07) is 8.24. The molecule has 2 fully saturated rings. The molecule has 1 aromatic carbocycles. The van der Waals surface area contributed by atoms with Gasteiger partial charge in [0.05, 0.1) is 19.0 Å². The number of ether oxygens (including phenoxy) is 2. The van der Waals surface area contributed by atoms with Crippen molar-refractivity contribution in [3.8, 4) is 11.4 Å². The lowest BCUT2D eigenvalue weighted by Gasteiger charge is -2.36. The predicted octanol–water partition coefficient (Wildman–Crippen LogP) is 3.17. The summed E-state index contributed by atoms with van der Waals surface area (Å²) in [6.45, 7) is 6.18. The summed E-state index contributed by atoms with van der Waals surface area (Å²) in [5.74, 6) is 0.696. The number of aryl methyl sites for hydroxylation is 1. The number of benzene rings is 1. The number of thioether (sulfide) groups is 1. The fourth-order valence-electron chi connectivity index (χ4n) is 4.18. The maximum Gasteiger partial charge on any atom is 0.230 e. The van der Waals surface area contributed by atoms with Crippen molar-refractivity contribution in [2.75, 3.05) is 19.0 Å². The Labute approximate surface area is 175 Å². The highest BCUT2D eigenvalue weighted by molar-refractivity contribution is 7.99. The van der Waals surface area contributed by atoms with E-state index >= 15 is 0 Å². The number of hydrogen-bond donors (Lipinski definition) is 1. The molecule has 29 heavy (non-hydrogen) atoms. The summed E-state index contributed by atoms with van der Waals surface area (Å²) in [4.78, 5) is 12.5. The second-order valence-corrected chi connectivity index (χ2v) is 8.56. The molecule has 1 spiro atoms. The Morgan fingerprint density at radius 3 is 2.86 bits per heavy atom. The monoisotopic (exact) mass is 416 g/mol. The molecule has 4 rings (SSSR count). The number of carbonyl (C=O) groups excluding carboxylic acids is 1. The summed E-state index contributed by atoms with van der Waals surface area (Å²) in [5, 5.41) is 12.6. The van der Waals surface area contributed by atoms with Crippen molar-refractivity contribution >= 4 is 17.7 Å². The van der Waals surface area contributed by atoms with Gasteiger partial charge in [-0.1, -0.05) is 36.0 Å². The topological polar surface area (TPSA) is 78.3 Å². The molecule has 1 aliphatic carbocycles. The Morgan fingerprint density at radius 2 is 2.10 bits per heavy atom. The van der Waals surface area contributed by atoms with Gasteiger partial charge in [-0.3, -0.25) is 4.79 Å². The minimum absolute atomic E-state index is 0.0122. The van der Waals surface area contributed by atoms with Crippen molar-refractivity contribution in [3.63, 3.8) is 0 Å². The third kappa shape index (κ3) is 4.49. The van der Waals surface area contributed by atoms with Crippen molar-refractivity contribution in [1.82, 2.24) is 20.1 Å². The molecule has 1 aliphatic heterocycles. The van der Waals surface area contributed by atoms with E-state index in [2.05, 4.69) is 46.1 Å². The number of aromatic nitrogens is 3. The van der Waals surface area contributed by atoms with E-state index in [1.54, 1.807) is 0 Å². The highest BCUT2D eigenvalue weighted by atomic mass is 32.2. The van der Waals surface area contributed by atoms with E-state index in [0.29, 0.717) is 19.0 Å². The standard InChI is InChI=1S/C21H28N4O3S/c1-3-25-19(17-9-5-4-7-15(17)2)23-24-20(25)29-14-18(26)22-16-8-6-10-21(13-16)27-11-12-28-21/h4-5,7,9,16H,3,6,8,10-14H2,1-2H3,(H,22,26). The number of nitrogens with one attached hydrogen (secondary N) is 1. The van der Waals surface area contributed by atoms with Gasteiger partial charge in [0.1, 0.15) is 0 Å². The lowest BCUT2D eigenvalue weighted by Crippen LogP contribution is -2.46. The third-order valence-electron chi connectivity index (χ3n) is 5.60. The highest BCUT2D eigenvalue weighted by Crippen LogP contribution is 2.35. The molecule has 1 unspecified atom stereocenters. The van der Waals surface area contributed by atoms with Gasteiger partial charge in [-0.15, -0.1) is 10.2 Å². The third-order valence-corrected chi connectivity index (χ3v) is 6.56. The van der Waals surface area contributed by atoms with E-state index in [1.807, 2.05) is 12.1 Å². The molecule has 2 heterocycles. The normalized spacial score (nSPS) is 20.8. The van der Waals surface area contributed by atoms with Gasteiger partial charge >= 0.3 is 0 Å². The van der Waals surface area contributed by atoms with Crippen LogP contribution in [0.25, 0.3) is 11.4 Å². The molecule has 156 valence electrons. The van der Waals surface area contributed by atoms with E-state index in [-0.39, 0.29) is 11.9 Å². The molecule has 2 aliphatic rings. The fraction of sp³-hybridized carbons (Fsp3) is 0.571. The van der Waals surface area contributed by atoms with E-state index in [9.17, 15) is 4.79 Å². The summed E-state index contributed by atoms with van der Waals surface area (Å²) < 4.78 is 13.7. The molecule has 1 saturated carbocycles. The molecular formula is C21H28N4O3S. The first-order chi connectivity index (χ1) is 14.1. The van der Waals surface area contributed by atoms with Crippen molar-refractivity contribution < 1.29 is 14.3 Å². The Hall–Kier alpha value is -1.90. The summed E-state index contributed by atoms with van der Waals surface area (Å²) in [7, 11) is 0. The fourth-order valence-corrected chi connectivity index (χ4v) is 5.00. The Kier molecular flexibility index (Phi) is 6.22. The quantitative estimate of drug-likeness (QED) is 0.729. The van der Waals surface area contributed by atoms with E-state index < -0.39 is 5.79 Å². The molecule has 1 saturated heterocycles. The van der Waals surface area contributed by atoms with E-state index in [1.165, 1.54) is 11.8 Å². The summed E-state index contributed by atoms with van der Waals surface area (Å²) >= 11 is 1.43. The SMILES string of the molecule is CCn1c(SCC(=O)NC2CCCC3(C2)OCCO3)nnc1-c1ccccc1C. The zero-order valence-corrected chi connectivity index (χ0v) is 17.8. The van der Waals surface area contributed by atoms with Crippen molar-refractivity contribution in [3.05, 3.63) is 29.8 Å². The van der Waals surface area contributed by atoms with Gasteiger partial charge in [-0.05, 0) is 32.3 Å². The largest absolute Gasteiger partial charge is 0.352 e. The van der Waals surface area contributed by atoms with Gasteiger partial charge in [-0.25, -0.2) is 0 Å². The first-order valence-corrected chi connectivity index (χ1v) is 11.3. The van der Waals surface area contributed by atoms with Gasteiger partial charge in [0.15, 0.2) is 16.8 Å². The number of hydrogen-bond acceptors (Lipinski definition) is 6. The molecule has 1 N–H and O–H groups in total. The van der Waals surface area contributed by atoms with Crippen LogP contribution >= 0.6 is 11.8 Å². The van der Waals surface area contributed by atoms with Crippen LogP contribution in [-0.2, 0) is 20.8 Å². The van der Waals surface area contributed by atoms with Gasteiger partial charge in [0, 0.05) is 31.0 Å². The smallest absolute Gasteiger partial charge is 0.230 e. The molecule has 0 radical (unpaired) electrons. The summed E-state index contributed by atoms with van der Waals surface area (Å²) in [5.41, 5.74) is 2.23. The van der Waals surface area contributed by atoms with E-state index in [0.717, 1.165) is 54.3 Å². The zero-order chi connectivity index (χ0) is 20.3. The van der Waals surface area contributed by atoms with Crippen LogP contribution in [-0.4, -0.2) is 51.5 Å². The molecular weight excluding hydrogens is 388 g/mol. The van der Waals surface area contributed by atoms with Crippen LogP contribution in [0.4, 0.5) is 0 Å². The molecule has 1 amide bonds. The Morgan fingerprint density at radius 1 is 1.31 bits per heavy atom. The molecule has 0 bridgehead atoms. The second kappa shape index (κ2) is 8.85. The lowest BCUT2D eigenvalue weighted by atomic mass is 9.90. The van der Waals surface area contributed by atoms with Gasteiger partial charge in [0.25, 0.3) is 0 Å². The predicted molar refractivity (Wildman–Crippen MR) is 112 cm³/mol. The van der Waals surface area contributed by atoms with Crippen LogP contribution in [0.3, 0.4) is 0 Å². The number of nitrogens with zero attached hydrogens (tertiary/aromatic N) is 3. The first-order valence-electron chi connectivity index (χ1n) is 10.3. The van der Waals surface area contributed by atoms with Crippen LogP contribution in [0, 0.1) is 6.92 Å². The average molecular weight is 417 g/mol. The Balaban J connectivity index is 1.36.